The van der Waals surface area contributed by atoms with Crippen molar-refractivity contribution in [2.45, 2.75) is 39.3 Å². The van der Waals surface area contributed by atoms with Crippen molar-refractivity contribution in [3.05, 3.63) is 83.6 Å². The van der Waals surface area contributed by atoms with E-state index in [1.807, 2.05) is 36.4 Å². The first-order valence-corrected chi connectivity index (χ1v) is 11.2. The first kappa shape index (κ1) is 26.1. The van der Waals surface area contributed by atoms with Crippen molar-refractivity contribution in [2.24, 2.45) is 0 Å². The van der Waals surface area contributed by atoms with Crippen molar-refractivity contribution in [1.82, 2.24) is 14.9 Å². The maximum Gasteiger partial charge on any atom is 0.410 e. The molecule has 186 valence electrons. The van der Waals surface area contributed by atoms with Crippen LogP contribution in [0.25, 0.3) is 0 Å². The van der Waals surface area contributed by atoms with Crippen LogP contribution in [-0.4, -0.2) is 39.1 Å². The van der Waals surface area contributed by atoms with Crippen molar-refractivity contribution in [1.29, 1.82) is 5.26 Å². The number of nitriles is 1. The summed E-state index contributed by atoms with van der Waals surface area (Å²) in [5.74, 6) is -0.548. The van der Waals surface area contributed by atoms with Crippen LogP contribution in [0.1, 0.15) is 37.6 Å². The summed E-state index contributed by atoms with van der Waals surface area (Å²) in [6.07, 6.45) is 2.54. The van der Waals surface area contributed by atoms with E-state index in [9.17, 15) is 14.0 Å². The molecule has 36 heavy (non-hydrogen) atoms. The van der Waals surface area contributed by atoms with E-state index in [2.05, 4.69) is 20.6 Å². The lowest BCUT2D eigenvalue weighted by Gasteiger charge is -2.27. The van der Waals surface area contributed by atoms with E-state index in [1.54, 1.807) is 31.7 Å². The number of nitrogens with one attached hydrogen (secondary N) is 2. The average Bonchev–Trinajstić information content (AvgIpc) is 2.83. The highest BCUT2D eigenvalue weighted by molar-refractivity contribution is 5.99. The second-order valence-corrected chi connectivity index (χ2v) is 8.93. The number of ether oxygens (including phenoxy) is 1. The lowest BCUT2D eigenvalue weighted by Crippen LogP contribution is -2.37. The van der Waals surface area contributed by atoms with Crippen LogP contribution >= 0.6 is 0 Å². The summed E-state index contributed by atoms with van der Waals surface area (Å²) in [7, 11) is 0. The number of rotatable bonds is 7. The minimum Gasteiger partial charge on any atom is -0.444 e. The van der Waals surface area contributed by atoms with E-state index in [1.165, 1.54) is 24.5 Å². The van der Waals surface area contributed by atoms with Crippen molar-refractivity contribution in [3.63, 3.8) is 0 Å². The number of hydrogen-bond acceptors (Lipinski definition) is 6. The van der Waals surface area contributed by atoms with Crippen LogP contribution in [0.2, 0.25) is 0 Å². The highest BCUT2D eigenvalue weighted by Gasteiger charge is 2.23. The summed E-state index contributed by atoms with van der Waals surface area (Å²) in [4.78, 5) is 34.5. The monoisotopic (exact) mass is 490 g/mol. The molecule has 0 fully saturated rings. The molecule has 0 saturated heterocycles. The van der Waals surface area contributed by atoms with Gasteiger partial charge in [-0.15, -0.1) is 0 Å². The molecule has 0 aliphatic carbocycles. The molecule has 0 aliphatic heterocycles. The van der Waals surface area contributed by atoms with Crippen molar-refractivity contribution in [2.75, 3.05) is 17.2 Å². The Balaban J connectivity index is 1.72. The van der Waals surface area contributed by atoms with Gasteiger partial charge in [0, 0.05) is 13.1 Å². The van der Waals surface area contributed by atoms with Gasteiger partial charge in [0.2, 0.25) is 0 Å². The van der Waals surface area contributed by atoms with Crippen LogP contribution in [0, 0.1) is 17.1 Å². The van der Waals surface area contributed by atoms with Crippen LogP contribution in [0.3, 0.4) is 0 Å². The molecule has 0 aliphatic rings. The summed E-state index contributed by atoms with van der Waals surface area (Å²) in [5.41, 5.74) is 1.02. The quantitative estimate of drug-likeness (QED) is 0.475. The highest BCUT2D eigenvalue weighted by Crippen LogP contribution is 2.20. The van der Waals surface area contributed by atoms with Crippen LogP contribution in [0.4, 0.5) is 25.5 Å². The Hall–Kier alpha value is -4.52. The summed E-state index contributed by atoms with van der Waals surface area (Å²) in [6.45, 7) is 5.90. The largest absolute Gasteiger partial charge is 0.444 e. The van der Waals surface area contributed by atoms with E-state index in [0.717, 1.165) is 5.56 Å². The molecule has 0 saturated carbocycles. The number of hydrogen-bond donors (Lipinski definition) is 2. The molecule has 0 radical (unpaired) electrons. The van der Waals surface area contributed by atoms with Crippen molar-refractivity contribution in [3.8, 4) is 6.07 Å². The Morgan fingerprint density at radius 2 is 1.81 bits per heavy atom. The van der Waals surface area contributed by atoms with E-state index in [-0.39, 0.29) is 23.7 Å². The van der Waals surface area contributed by atoms with E-state index in [0.29, 0.717) is 18.5 Å². The van der Waals surface area contributed by atoms with Gasteiger partial charge in [-0.1, -0.05) is 36.4 Å². The Kier molecular flexibility index (Phi) is 8.52. The molecule has 3 amide bonds. The smallest absolute Gasteiger partial charge is 0.410 e. The summed E-state index contributed by atoms with van der Waals surface area (Å²) >= 11 is 0. The molecule has 0 unspecified atom stereocenters. The Morgan fingerprint density at radius 3 is 2.44 bits per heavy atom. The minimum absolute atomic E-state index is 0.0706. The number of anilines is 2. The van der Waals surface area contributed by atoms with Gasteiger partial charge in [-0.05, 0) is 50.5 Å². The lowest BCUT2D eigenvalue weighted by molar-refractivity contribution is 0.0236. The number of amides is 3. The predicted molar refractivity (Wildman–Crippen MR) is 133 cm³/mol. The molecule has 0 bridgehead atoms. The van der Waals surface area contributed by atoms with Crippen LogP contribution in [-0.2, 0) is 17.7 Å². The summed E-state index contributed by atoms with van der Waals surface area (Å²) in [6, 6.07) is 15.0. The third kappa shape index (κ3) is 8.06. The molecular weight excluding hydrogens is 463 g/mol. The second-order valence-electron chi connectivity index (χ2n) is 8.93. The summed E-state index contributed by atoms with van der Waals surface area (Å²) < 4.78 is 20.0. The second kappa shape index (κ2) is 11.8. The third-order valence-electron chi connectivity index (χ3n) is 4.83. The molecule has 2 aromatic carbocycles. The third-order valence-corrected chi connectivity index (χ3v) is 4.83. The Labute approximate surface area is 208 Å². The fourth-order valence-electron chi connectivity index (χ4n) is 3.18. The zero-order chi connectivity index (χ0) is 26.1. The fourth-order valence-corrected chi connectivity index (χ4v) is 3.18. The number of urea groups is 1. The zero-order valence-corrected chi connectivity index (χ0v) is 20.3. The SMILES string of the molecule is CC(C)(C)OC(=O)N(CCc1ccccc1)Cc1ccc(F)c(NC(=O)Nc2cnc(C#N)cn2)c1. The number of carbonyl (C=O) groups is 2. The first-order chi connectivity index (χ1) is 17.1. The van der Waals surface area contributed by atoms with E-state index in [4.69, 9.17) is 10.00 Å². The van der Waals surface area contributed by atoms with Gasteiger partial charge >= 0.3 is 12.1 Å². The number of halogens is 1. The average molecular weight is 491 g/mol. The van der Waals surface area contributed by atoms with Gasteiger partial charge in [-0.25, -0.2) is 23.9 Å². The maximum atomic E-state index is 14.4. The number of aromatic nitrogens is 2. The normalized spacial score (nSPS) is 10.8. The molecule has 9 nitrogen and oxygen atoms in total. The summed E-state index contributed by atoms with van der Waals surface area (Å²) in [5, 5.41) is 13.6. The van der Waals surface area contributed by atoms with Crippen molar-refractivity contribution >= 4 is 23.6 Å². The topological polar surface area (TPSA) is 120 Å². The number of nitrogens with zero attached hydrogens (tertiary/aromatic N) is 4. The molecule has 10 heteroatoms. The van der Waals surface area contributed by atoms with Gasteiger partial charge in [0.15, 0.2) is 11.5 Å². The van der Waals surface area contributed by atoms with Crippen molar-refractivity contribution < 1.29 is 18.7 Å². The maximum absolute atomic E-state index is 14.4. The van der Waals surface area contributed by atoms with E-state index < -0.39 is 23.5 Å². The van der Waals surface area contributed by atoms with Gasteiger partial charge in [-0.2, -0.15) is 5.26 Å². The Morgan fingerprint density at radius 1 is 1.06 bits per heavy atom. The fraction of sp³-hybridized carbons (Fsp3) is 0.269. The van der Waals surface area contributed by atoms with Gasteiger partial charge in [0.05, 0.1) is 18.1 Å². The lowest BCUT2D eigenvalue weighted by atomic mass is 10.1. The van der Waals surface area contributed by atoms with Crippen LogP contribution in [0.15, 0.2) is 60.9 Å². The zero-order valence-electron chi connectivity index (χ0n) is 20.3. The number of carbonyl (C=O) groups excluding carboxylic acids is 2. The molecule has 3 rings (SSSR count). The van der Waals surface area contributed by atoms with Gasteiger partial charge in [-0.3, -0.25) is 5.32 Å². The molecule has 3 aromatic rings. The predicted octanol–water partition coefficient (Wildman–Crippen LogP) is 5.11. The van der Waals surface area contributed by atoms with Gasteiger partial charge in [0.25, 0.3) is 0 Å². The Bertz CT molecular complexity index is 1240. The van der Waals surface area contributed by atoms with Crippen LogP contribution < -0.4 is 10.6 Å². The van der Waals surface area contributed by atoms with E-state index >= 15 is 0 Å². The highest BCUT2D eigenvalue weighted by atomic mass is 19.1. The molecule has 0 atom stereocenters. The first-order valence-electron chi connectivity index (χ1n) is 11.2. The molecule has 1 aromatic heterocycles. The minimum atomic E-state index is -0.738. The van der Waals surface area contributed by atoms with Gasteiger partial charge < -0.3 is 15.0 Å². The molecule has 0 spiro atoms. The molecular formula is C26H27FN6O3. The molecule has 2 N–H and O–H groups in total. The standard InChI is InChI=1S/C26H27FN6O3/c1-26(2,3)36-25(35)33(12-11-18-7-5-4-6-8-18)17-19-9-10-21(27)22(13-19)31-24(34)32-23-16-29-20(14-28)15-30-23/h4-10,13,15-16H,11-12,17H2,1-3H3,(H2,30,31,32,34). The molecule has 1 heterocycles. The number of benzene rings is 2. The van der Waals surface area contributed by atoms with Gasteiger partial charge in [0.1, 0.15) is 17.5 Å². The van der Waals surface area contributed by atoms with Crippen LogP contribution in [0.5, 0.6) is 0 Å².